The molecule has 0 aromatic heterocycles. The smallest absolute Gasteiger partial charge is 0.261 e. The van der Waals surface area contributed by atoms with Crippen LogP contribution in [-0.4, -0.2) is 19.1 Å². The molecule has 2 aromatic rings. The molecule has 144 valence electrons. The number of hydrogen-bond donors (Lipinski definition) is 1. The Morgan fingerprint density at radius 1 is 1.04 bits per heavy atom. The van der Waals surface area contributed by atoms with Crippen LogP contribution in [0, 0.1) is 0 Å². The standard InChI is InChI=1S/C23H29NO3/c1-4-22(27-21-13-11-20(26-3)12-14-21)23(25)24-16(2)18-10-9-17-7-5-6-8-19(17)15-18/h9-16,22H,4-8H2,1-3H3,(H,24,25). The lowest BCUT2D eigenvalue weighted by Crippen LogP contribution is -2.39. The van der Waals surface area contributed by atoms with E-state index in [2.05, 4.69) is 23.5 Å². The number of fused-ring (bicyclic) bond motifs is 1. The van der Waals surface area contributed by atoms with Crippen molar-refractivity contribution < 1.29 is 14.3 Å². The van der Waals surface area contributed by atoms with E-state index in [0.29, 0.717) is 12.2 Å². The Kier molecular flexibility index (Phi) is 6.38. The molecule has 4 heteroatoms. The van der Waals surface area contributed by atoms with Gasteiger partial charge in [0.2, 0.25) is 0 Å². The van der Waals surface area contributed by atoms with Gasteiger partial charge in [-0.3, -0.25) is 4.79 Å². The number of hydrogen-bond acceptors (Lipinski definition) is 3. The summed E-state index contributed by atoms with van der Waals surface area (Å²) in [7, 11) is 1.63. The molecule has 0 saturated heterocycles. The number of carbonyl (C=O) groups excluding carboxylic acids is 1. The van der Waals surface area contributed by atoms with Gasteiger partial charge < -0.3 is 14.8 Å². The Balaban J connectivity index is 1.63. The average Bonchev–Trinajstić information content (AvgIpc) is 2.71. The highest BCUT2D eigenvalue weighted by Crippen LogP contribution is 2.25. The molecule has 1 amide bonds. The molecule has 3 rings (SSSR count). The zero-order chi connectivity index (χ0) is 19.2. The third-order valence-corrected chi connectivity index (χ3v) is 5.23. The number of nitrogens with one attached hydrogen (secondary N) is 1. The minimum atomic E-state index is -0.515. The Labute approximate surface area is 161 Å². The predicted molar refractivity (Wildman–Crippen MR) is 107 cm³/mol. The van der Waals surface area contributed by atoms with E-state index in [-0.39, 0.29) is 11.9 Å². The van der Waals surface area contributed by atoms with Crippen molar-refractivity contribution in [1.82, 2.24) is 5.32 Å². The molecule has 4 nitrogen and oxygen atoms in total. The normalized spacial score (nSPS) is 15.4. The van der Waals surface area contributed by atoms with Gasteiger partial charge in [0.15, 0.2) is 6.10 Å². The highest BCUT2D eigenvalue weighted by molar-refractivity contribution is 5.81. The van der Waals surface area contributed by atoms with Crippen LogP contribution in [0.2, 0.25) is 0 Å². The second-order valence-corrected chi connectivity index (χ2v) is 7.16. The fourth-order valence-corrected chi connectivity index (χ4v) is 3.55. The number of benzene rings is 2. The lowest BCUT2D eigenvalue weighted by atomic mass is 9.89. The highest BCUT2D eigenvalue weighted by Gasteiger charge is 2.21. The molecule has 0 radical (unpaired) electrons. The number of carbonyl (C=O) groups is 1. The van der Waals surface area contributed by atoms with E-state index in [0.717, 1.165) is 17.7 Å². The van der Waals surface area contributed by atoms with Gasteiger partial charge in [0, 0.05) is 0 Å². The SMILES string of the molecule is CCC(Oc1ccc(OC)cc1)C(=O)NC(C)c1ccc2c(c1)CCCC2. The molecular formula is C23H29NO3. The number of ether oxygens (including phenoxy) is 2. The van der Waals surface area contributed by atoms with E-state index in [4.69, 9.17) is 9.47 Å². The molecule has 0 fully saturated rings. The second-order valence-electron chi connectivity index (χ2n) is 7.16. The van der Waals surface area contributed by atoms with Gasteiger partial charge in [0.05, 0.1) is 13.2 Å². The zero-order valence-corrected chi connectivity index (χ0v) is 16.5. The summed E-state index contributed by atoms with van der Waals surface area (Å²) in [5, 5.41) is 3.11. The molecular weight excluding hydrogens is 338 g/mol. The Hall–Kier alpha value is -2.49. The summed E-state index contributed by atoms with van der Waals surface area (Å²) in [5.41, 5.74) is 4.04. The molecule has 0 heterocycles. The molecule has 0 spiro atoms. The maximum Gasteiger partial charge on any atom is 0.261 e. The van der Waals surface area contributed by atoms with Crippen LogP contribution >= 0.6 is 0 Å². The third kappa shape index (κ3) is 4.82. The van der Waals surface area contributed by atoms with E-state index in [1.807, 2.05) is 38.1 Å². The number of aryl methyl sites for hydroxylation is 2. The van der Waals surface area contributed by atoms with E-state index in [9.17, 15) is 4.79 Å². The molecule has 2 atom stereocenters. The average molecular weight is 367 g/mol. The maximum atomic E-state index is 12.7. The van der Waals surface area contributed by atoms with Gasteiger partial charge in [-0.2, -0.15) is 0 Å². The van der Waals surface area contributed by atoms with E-state index in [1.165, 1.54) is 30.4 Å². The van der Waals surface area contributed by atoms with Gasteiger partial charge in [0.25, 0.3) is 5.91 Å². The largest absolute Gasteiger partial charge is 0.497 e. The molecule has 1 aliphatic carbocycles. The van der Waals surface area contributed by atoms with E-state index in [1.54, 1.807) is 7.11 Å². The number of methoxy groups -OCH3 is 1. The van der Waals surface area contributed by atoms with Gasteiger partial charge in [-0.15, -0.1) is 0 Å². The first-order chi connectivity index (χ1) is 13.1. The summed E-state index contributed by atoms with van der Waals surface area (Å²) in [6.45, 7) is 3.99. The third-order valence-electron chi connectivity index (χ3n) is 5.23. The van der Waals surface area contributed by atoms with Gasteiger partial charge in [-0.25, -0.2) is 0 Å². The van der Waals surface area contributed by atoms with Crippen LogP contribution in [0.3, 0.4) is 0 Å². The summed E-state index contributed by atoms with van der Waals surface area (Å²) in [6, 6.07) is 13.9. The van der Waals surface area contributed by atoms with Crippen LogP contribution in [0.5, 0.6) is 11.5 Å². The number of rotatable bonds is 7. The van der Waals surface area contributed by atoms with Crippen LogP contribution in [0.1, 0.15) is 55.8 Å². The molecule has 0 bridgehead atoms. The first-order valence-electron chi connectivity index (χ1n) is 9.83. The highest BCUT2D eigenvalue weighted by atomic mass is 16.5. The topological polar surface area (TPSA) is 47.6 Å². The van der Waals surface area contributed by atoms with Gasteiger partial charge in [-0.05, 0) is 80.0 Å². The van der Waals surface area contributed by atoms with Crippen molar-refractivity contribution in [1.29, 1.82) is 0 Å². The summed E-state index contributed by atoms with van der Waals surface area (Å²) in [4.78, 5) is 12.7. The lowest BCUT2D eigenvalue weighted by Gasteiger charge is -2.22. The van der Waals surface area contributed by atoms with Gasteiger partial charge in [-0.1, -0.05) is 25.1 Å². The van der Waals surface area contributed by atoms with Crippen LogP contribution in [0.15, 0.2) is 42.5 Å². The van der Waals surface area contributed by atoms with Crippen molar-refractivity contribution in [2.45, 2.75) is 58.1 Å². The maximum absolute atomic E-state index is 12.7. The van der Waals surface area contributed by atoms with E-state index < -0.39 is 6.10 Å². The van der Waals surface area contributed by atoms with Crippen molar-refractivity contribution in [2.24, 2.45) is 0 Å². The van der Waals surface area contributed by atoms with Crippen LogP contribution in [-0.2, 0) is 17.6 Å². The predicted octanol–water partition coefficient (Wildman–Crippen LogP) is 4.61. The number of amides is 1. The van der Waals surface area contributed by atoms with Crippen molar-refractivity contribution in [2.75, 3.05) is 7.11 Å². The van der Waals surface area contributed by atoms with Gasteiger partial charge >= 0.3 is 0 Å². The van der Waals surface area contributed by atoms with Gasteiger partial charge in [0.1, 0.15) is 11.5 Å². The summed E-state index contributed by atoms with van der Waals surface area (Å²) in [5.74, 6) is 1.35. The molecule has 27 heavy (non-hydrogen) atoms. The minimum absolute atomic E-state index is 0.0433. The van der Waals surface area contributed by atoms with E-state index >= 15 is 0 Å². The minimum Gasteiger partial charge on any atom is -0.497 e. The summed E-state index contributed by atoms with van der Waals surface area (Å²) < 4.78 is 11.0. The Morgan fingerprint density at radius 3 is 2.37 bits per heavy atom. The fourth-order valence-electron chi connectivity index (χ4n) is 3.55. The quantitative estimate of drug-likeness (QED) is 0.777. The van der Waals surface area contributed by atoms with Crippen LogP contribution < -0.4 is 14.8 Å². The fraction of sp³-hybridized carbons (Fsp3) is 0.435. The first-order valence-corrected chi connectivity index (χ1v) is 9.83. The van der Waals surface area contributed by atoms with Crippen LogP contribution in [0.4, 0.5) is 0 Å². The summed E-state index contributed by atoms with van der Waals surface area (Å²) in [6.07, 6.45) is 4.93. The van der Waals surface area contributed by atoms with Crippen molar-refractivity contribution in [3.8, 4) is 11.5 Å². The molecule has 1 aliphatic rings. The summed E-state index contributed by atoms with van der Waals surface area (Å²) >= 11 is 0. The van der Waals surface area contributed by atoms with Crippen molar-refractivity contribution >= 4 is 5.91 Å². The molecule has 2 aromatic carbocycles. The first kappa shape index (κ1) is 19.3. The van der Waals surface area contributed by atoms with Crippen molar-refractivity contribution in [3.05, 3.63) is 59.2 Å². The molecule has 0 aliphatic heterocycles. The lowest BCUT2D eigenvalue weighted by molar-refractivity contribution is -0.128. The van der Waals surface area contributed by atoms with Crippen LogP contribution in [0.25, 0.3) is 0 Å². The Bertz CT molecular complexity index is 770. The zero-order valence-electron chi connectivity index (χ0n) is 16.5. The molecule has 0 saturated carbocycles. The second kappa shape index (κ2) is 8.94. The monoisotopic (exact) mass is 367 g/mol. The van der Waals surface area contributed by atoms with Crippen molar-refractivity contribution in [3.63, 3.8) is 0 Å². The molecule has 1 N–H and O–H groups in total. The molecule has 2 unspecified atom stereocenters. The Morgan fingerprint density at radius 2 is 1.70 bits per heavy atom.